The number of aromatic nitrogens is 2. The number of anilines is 2. The number of rotatable bonds is 4. The first-order valence-corrected chi connectivity index (χ1v) is 4.21. The molecule has 0 aromatic carbocycles. The Labute approximate surface area is 81.7 Å². The van der Waals surface area contributed by atoms with E-state index < -0.39 is 0 Å². The second-order valence-electron chi connectivity index (χ2n) is 3.01. The fraction of sp³-hybridized carbons (Fsp3) is 0.375. The number of nitrogens with two attached hydrogens (primary N) is 2. The molecule has 5 N–H and O–H groups in total. The van der Waals surface area contributed by atoms with Crippen LogP contribution in [0.4, 0.5) is 11.6 Å². The first-order valence-electron chi connectivity index (χ1n) is 4.21. The van der Waals surface area contributed by atoms with Crippen molar-refractivity contribution in [3.05, 3.63) is 12.4 Å². The van der Waals surface area contributed by atoms with Crippen molar-refractivity contribution < 1.29 is 4.79 Å². The van der Waals surface area contributed by atoms with Gasteiger partial charge in [-0.2, -0.15) is 0 Å². The lowest BCUT2D eigenvalue weighted by Gasteiger charge is -2.12. The molecule has 6 nitrogen and oxygen atoms in total. The molecule has 0 aliphatic heterocycles. The number of carbonyl (C=O) groups is 1. The maximum Gasteiger partial charge on any atom is 0.219 e. The van der Waals surface area contributed by atoms with Crippen molar-refractivity contribution in [3.63, 3.8) is 0 Å². The van der Waals surface area contributed by atoms with E-state index in [1.165, 1.54) is 12.4 Å². The minimum atomic E-state index is -0.368. The molecule has 1 atom stereocenters. The van der Waals surface area contributed by atoms with E-state index in [-0.39, 0.29) is 18.4 Å². The molecule has 0 aliphatic rings. The highest BCUT2D eigenvalue weighted by atomic mass is 16.1. The molecule has 0 spiro atoms. The minimum Gasteiger partial charge on any atom is -0.381 e. The molecule has 1 aromatic heterocycles. The first-order chi connectivity index (χ1) is 6.59. The third-order valence-electron chi connectivity index (χ3n) is 1.62. The third kappa shape index (κ3) is 2.89. The average molecular weight is 195 g/mol. The Bertz CT molecular complexity index is 327. The van der Waals surface area contributed by atoms with Gasteiger partial charge in [-0.25, -0.2) is 9.97 Å². The minimum absolute atomic E-state index is 0.105. The van der Waals surface area contributed by atoms with Crippen molar-refractivity contribution >= 4 is 17.5 Å². The second kappa shape index (κ2) is 4.40. The van der Waals surface area contributed by atoms with Crippen LogP contribution in [-0.4, -0.2) is 21.9 Å². The van der Waals surface area contributed by atoms with Crippen LogP contribution < -0.4 is 16.8 Å². The number of carbonyl (C=O) groups excluding carboxylic acids is 1. The predicted molar refractivity (Wildman–Crippen MR) is 53.3 cm³/mol. The highest BCUT2D eigenvalue weighted by Gasteiger charge is 2.08. The molecule has 1 unspecified atom stereocenters. The Morgan fingerprint density at radius 1 is 1.57 bits per heavy atom. The fourth-order valence-electron chi connectivity index (χ4n) is 1.05. The molecule has 1 amide bonds. The van der Waals surface area contributed by atoms with Crippen molar-refractivity contribution in [2.45, 2.75) is 19.4 Å². The number of nitrogen functional groups attached to an aromatic ring is 1. The molecule has 1 heterocycles. The van der Waals surface area contributed by atoms with Crippen molar-refractivity contribution in [1.29, 1.82) is 0 Å². The number of hydrogen-bond acceptors (Lipinski definition) is 5. The van der Waals surface area contributed by atoms with Gasteiger partial charge >= 0.3 is 0 Å². The van der Waals surface area contributed by atoms with Gasteiger partial charge in [0.25, 0.3) is 0 Å². The lowest BCUT2D eigenvalue weighted by atomic mass is 10.2. The standard InChI is InChI=1S/C8H13N5O/c1-5(4-6(9)14)13-8-7(10)11-2-3-12-8/h2-3,5H,4H2,1H3,(H2,9,14)(H2,10,11)(H,12,13). The summed E-state index contributed by atoms with van der Waals surface area (Å²) in [5, 5.41) is 2.94. The summed E-state index contributed by atoms with van der Waals surface area (Å²) in [4.78, 5) is 18.4. The normalized spacial score (nSPS) is 12.1. The van der Waals surface area contributed by atoms with Crippen molar-refractivity contribution in [2.24, 2.45) is 5.73 Å². The van der Waals surface area contributed by atoms with E-state index in [4.69, 9.17) is 11.5 Å². The molecular weight excluding hydrogens is 182 g/mol. The summed E-state index contributed by atoms with van der Waals surface area (Å²) < 4.78 is 0. The Morgan fingerprint density at radius 3 is 2.79 bits per heavy atom. The smallest absolute Gasteiger partial charge is 0.219 e. The van der Waals surface area contributed by atoms with Gasteiger partial charge in [-0.05, 0) is 6.92 Å². The molecule has 0 fully saturated rings. The van der Waals surface area contributed by atoms with Crippen LogP contribution >= 0.6 is 0 Å². The lowest BCUT2D eigenvalue weighted by molar-refractivity contribution is -0.118. The maximum atomic E-state index is 10.6. The zero-order chi connectivity index (χ0) is 10.6. The van der Waals surface area contributed by atoms with Crippen molar-refractivity contribution in [3.8, 4) is 0 Å². The van der Waals surface area contributed by atoms with Gasteiger partial charge in [0.1, 0.15) is 0 Å². The highest BCUT2D eigenvalue weighted by molar-refractivity contribution is 5.75. The Balaban J connectivity index is 2.60. The number of nitrogens with zero attached hydrogens (tertiary/aromatic N) is 2. The molecule has 0 aliphatic carbocycles. The molecule has 76 valence electrons. The van der Waals surface area contributed by atoms with E-state index >= 15 is 0 Å². The summed E-state index contributed by atoms with van der Waals surface area (Å²) in [6.45, 7) is 1.82. The van der Waals surface area contributed by atoms with E-state index in [1.54, 1.807) is 0 Å². The second-order valence-corrected chi connectivity index (χ2v) is 3.01. The van der Waals surface area contributed by atoms with Crippen molar-refractivity contribution in [2.75, 3.05) is 11.1 Å². The van der Waals surface area contributed by atoms with Crippen LogP contribution in [0.2, 0.25) is 0 Å². The van der Waals surface area contributed by atoms with Gasteiger partial charge in [-0.3, -0.25) is 4.79 Å². The molecule has 0 saturated carbocycles. The summed E-state index contributed by atoms with van der Waals surface area (Å²) >= 11 is 0. The summed E-state index contributed by atoms with van der Waals surface area (Å²) in [7, 11) is 0. The molecule has 6 heteroatoms. The van der Waals surface area contributed by atoms with E-state index in [0.29, 0.717) is 11.6 Å². The van der Waals surface area contributed by atoms with E-state index in [2.05, 4.69) is 15.3 Å². The summed E-state index contributed by atoms with van der Waals surface area (Å²) in [5.74, 6) is 0.414. The van der Waals surface area contributed by atoms with Crippen LogP contribution in [0.1, 0.15) is 13.3 Å². The summed E-state index contributed by atoms with van der Waals surface area (Å²) in [5.41, 5.74) is 10.6. The highest BCUT2D eigenvalue weighted by Crippen LogP contribution is 2.11. The molecule has 1 rings (SSSR count). The average Bonchev–Trinajstić information content (AvgIpc) is 2.07. The topological polar surface area (TPSA) is 107 Å². The van der Waals surface area contributed by atoms with E-state index in [9.17, 15) is 4.79 Å². The van der Waals surface area contributed by atoms with Crippen LogP contribution in [-0.2, 0) is 4.79 Å². The van der Waals surface area contributed by atoms with Crippen molar-refractivity contribution in [1.82, 2.24) is 9.97 Å². The van der Waals surface area contributed by atoms with Gasteiger partial charge < -0.3 is 16.8 Å². The molecule has 14 heavy (non-hydrogen) atoms. The van der Waals surface area contributed by atoms with Gasteiger partial charge in [0.2, 0.25) is 5.91 Å². The predicted octanol–water partition coefficient (Wildman–Crippen LogP) is -0.265. The SMILES string of the molecule is CC(CC(N)=O)Nc1nccnc1N. The quantitative estimate of drug-likeness (QED) is 0.613. The fourth-order valence-corrected chi connectivity index (χ4v) is 1.05. The van der Waals surface area contributed by atoms with Crippen LogP contribution in [0, 0.1) is 0 Å². The van der Waals surface area contributed by atoms with Crippen LogP contribution in [0.5, 0.6) is 0 Å². The molecular formula is C8H13N5O. The van der Waals surface area contributed by atoms with Gasteiger partial charge in [0.05, 0.1) is 0 Å². The Hall–Kier alpha value is -1.85. The van der Waals surface area contributed by atoms with Crippen LogP contribution in [0.15, 0.2) is 12.4 Å². The van der Waals surface area contributed by atoms with Gasteiger partial charge in [-0.15, -0.1) is 0 Å². The number of amides is 1. The van der Waals surface area contributed by atoms with Gasteiger partial charge in [0, 0.05) is 24.9 Å². The zero-order valence-electron chi connectivity index (χ0n) is 7.90. The zero-order valence-corrected chi connectivity index (χ0v) is 7.90. The third-order valence-corrected chi connectivity index (χ3v) is 1.62. The summed E-state index contributed by atoms with van der Waals surface area (Å²) in [6, 6.07) is -0.105. The Kier molecular flexibility index (Phi) is 3.22. The van der Waals surface area contributed by atoms with Gasteiger partial charge in [-0.1, -0.05) is 0 Å². The van der Waals surface area contributed by atoms with Crippen LogP contribution in [0.3, 0.4) is 0 Å². The molecule has 0 radical (unpaired) electrons. The largest absolute Gasteiger partial charge is 0.381 e. The number of primary amides is 1. The molecule has 1 aromatic rings. The Morgan fingerprint density at radius 2 is 2.21 bits per heavy atom. The van der Waals surface area contributed by atoms with Crippen LogP contribution in [0.25, 0.3) is 0 Å². The van der Waals surface area contributed by atoms with E-state index in [1.807, 2.05) is 6.92 Å². The maximum absolute atomic E-state index is 10.6. The lowest BCUT2D eigenvalue weighted by Crippen LogP contribution is -2.25. The van der Waals surface area contributed by atoms with E-state index in [0.717, 1.165) is 0 Å². The van der Waals surface area contributed by atoms with Gasteiger partial charge in [0.15, 0.2) is 11.6 Å². The molecule has 0 saturated heterocycles. The number of nitrogens with one attached hydrogen (secondary N) is 1. The first kappa shape index (κ1) is 10.2. The monoisotopic (exact) mass is 195 g/mol. The number of hydrogen-bond donors (Lipinski definition) is 3. The summed E-state index contributed by atoms with van der Waals surface area (Å²) in [6.07, 6.45) is 3.25. The molecule has 0 bridgehead atoms.